The second-order valence-corrected chi connectivity index (χ2v) is 6.07. The molecule has 0 bridgehead atoms. The first kappa shape index (κ1) is 15.7. The summed E-state index contributed by atoms with van der Waals surface area (Å²) in [5.74, 6) is 0.262. The van der Waals surface area contributed by atoms with Gasteiger partial charge in [0.05, 0.1) is 28.8 Å². The molecule has 0 amide bonds. The maximum Gasteiger partial charge on any atom is 0.152 e. The van der Waals surface area contributed by atoms with Gasteiger partial charge < -0.3 is 5.32 Å². The molecule has 20 heavy (non-hydrogen) atoms. The number of Topliss-reactive ketones (excluding diaryl/α,β-unsaturated/α-hetero) is 1. The van der Waals surface area contributed by atoms with Crippen LogP contribution >= 0.6 is 15.9 Å². The third-order valence-electron chi connectivity index (χ3n) is 3.70. The minimum Gasteiger partial charge on any atom is -0.315 e. The van der Waals surface area contributed by atoms with Crippen molar-refractivity contribution >= 4 is 21.7 Å². The van der Waals surface area contributed by atoms with Gasteiger partial charge in [-0.25, -0.2) is 0 Å². The van der Waals surface area contributed by atoms with Gasteiger partial charge in [0, 0.05) is 20.1 Å². The van der Waals surface area contributed by atoms with E-state index in [0.29, 0.717) is 13.0 Å². The van der Waals surface area contributed by atoms with E-state index in [0.717, 1.165) is 54.9 Å². The van der Waals surface area contributed by atoms with Crippen LogP contribution in [-0.4, -0.2) is 53.2 Å². The number of nitrogens with zero attached hydrogens (tertiary/aromatic N) is 3. The fourth-order valence-corrected chi connectivity index (χ4v) is 3.32. The van der Waals surface area contributed by atoms with Crippen molar-refractivity contribution in [1.29, 1.82) is 0 Å². The van der Waals surface area contributed by atoms with E-state index in [4.69, 9.17) is 0 Å². The van der Waals surface area contributed by atoms with Gasteiger partial charge in [0.25, 0.3) is 0 Å². The molecule has 0 unspecified atom stereocenters. The molecule has 112 valence electrons. The number of rotatable bonds is 5. The molecule has 2 heterocycles. The van der Waals surface area contributed by atoms with Crippen LogP contribution in [0.3, 0.4) is 0 Å². The van der Waals surface area contributed by atoms with E-state index in [1.54, 1.807) is 0 Å². The largest absolute Gasteiger partial charge is 0.315 e. The first-order valence-electron chi connectivity index (χ1n) is 7.26. The van der Waals surface area contributed by atoms with Crippen molar-refractivity contribution in [3.05, 3.63) is 15.9 Å². The molecule has 0 aliphatic carbocycles. The zero-order valence-corrected chi connectivity index (χ0v) is 13.9. The van der Waals surface area contributed by atoms with Crippen LogP contribution in [0.4, 0.5) is 0 Å². The summed E-state index contributed by atoms with van der Waals surface area (Å²) >= 11 is 3.57. The number of hydrogen-bond acceptors (Lipinski definition) is 4. The molecule has 0 spiro atoms. The molecule has 1 aromatic rings. The first-order valence-corrected chi connectivity index (χ1v) is 8.06. The molecule has 0 radical (unpaired) electrons. The van der Waals surface area contributed by atoms with Crippen molar-refractivity contribution < 1.29 is 4.79 Å². The van der Waals surface area contributed by atoms with Crippen molar-refractivity contribution in [2.75, 3.05) is 32.7 Å². The Morgan fingerprint density at radius 1 is 1.40 bits per heavy atom. The van der Waals surface area contributed by atoms with Crippen molar-refractivity contribution in [1.82, 2.24) is 20.0 Å². The van der Waals surface area contributed by atoms with Crippen LogP contribution < -0.4 is 5.32 Å². The van der Waals surface area contributed by atoms with Crippen LogP contribution in [0, 0.1) is 0 Å². The molecule has 0 atom stereocenters. The van der Waals surface area contributed by atoms with E-state index < -0.39 is 0 Å². The number of aromatic nitrogens is 2. The van der Waals surface area contributed by atoms with Crippen molar-refractivity contribution in [3.8, 4) is 0 Å². The average Bonchev–Trinajstić information content (AvgIpc) is 2.63. The molecular weight excluding hydrogens is 320 g/mol. The van der Waals surface area contributed by atoms with E-state index in [-0.39, 0.29) is 5.78 Å². The third kappa shape index (κ3) is 3.90. The third-order valence-corrected chi connectivity index (χ3v) is 4.62. The Balaban J connectivity index is 1.95. The van der Waals surface area contributed by atoms with Crippen LogP contribution in [-0.2, 0) is 24.7 Å². The normalized spacial score (nSPS) is 17.1. The molecule has 1 aliphatic rings. The highest BCUT2D eigenvalue weighted by Crippen LogP contribution is 2.22. The lowest BCUT2D eigenvalue weighted by Crippen LogP contribution is -2.33. The summed E-state index contributed by atoms with van der Waals surface area (Å²) in [6.07, 6.45) is 2.44. The van der Waals surface area contributed by atoms with Crippen molar-refractivity contribution in [2.45, 2.75) is 26.2 Å². The summed E-state index contributed by atoms with van der Waals surface area (Å²) in [4.78, 5) is 14.5. The van der Waals surface area contributed by atoms with Gasteiger partial charge in [0.1, 0.15) is 0 Å². The average molecular weight is 343 g/mol. The summed E-state index contributed by atoms with van der Waals surface area (Å²) in [5.41, 5.74) is 2.01. The van der Waals surface area contributed by atoms with Gasteiger partial charge in [0.2, 0.25) is 0 Å². The van der Waals surface area contributed by atoms with Crippen LogP contribution in [0.25, 0.3) is 0 Å². The van der Waals surface area contributed by atoms with Gasteiger partial charge in [-0.15, -0.1) is 0 Å². The first-order chi connectivity index (χ1) is 9.61. The topological polar surface area (TPSA) is 50.2 Å². The molecule has 0 saturated carbocycles. The van der Waals surface area contributed by atoms with Gasteiger partial charge in [-0.05, 0) is 41.9 Å². The summed E-state index contributed by atoms with van der Waals surface area (Å²) in [7, 11) is 1.91. The Labute approximate surface area is 128 Å². The predicted molar refractivity (Wildman–Crippen MR) is 82.9 cm³/mol. The molecule has 1 aromatic heterocycles. The Bertz CT molecular complexity index is 464. The molecule has 2 rings (SSSR count). The Kier molecular flexibility index (Phi) is 5.74. The highest BCUT2D eigenvalue weighted by Gasteiger charge is 2.18. The van der Waals surface area contributed by atoms with Crippen LogP contribution in [0.1, 0.15) is 24.7 Å². The summed E-state index contributed by atoms with van der Waals surface area (Å²) < 4.78 is 2.82. The summed E-state index contributed by atoms with van der Waals surface area (Å²) in [6, 6.07) is 0. The molecule has 1 N–H and O–H groups in total. The number of hydrogen-bond donors (Lipinski definition) is 1. The SMILES string of the molecule is CCc1nn(C)c(CC(=O)CN2CCCNCC2)c1Br. The van der Waals surface area contributed by atoms with E-state index >= 15 is 0 Å². The van der Waals surface area contributed by atoms with Crippen molar-refractivity contribution in [2.24, 2.45) is 7.05 Å². The summed E-state index contributed by atoms with van der Waals surface area (Å²) in [5, 5.41) is 7.79. The molecule has 0 aromatic carbocycles. The highest BCUT2D eigenvalue weighted by molar-refractivity contribution is 9.10. The lowest BCUT2D eigenvalue weighted by Gasteiger charge is -2.18. The number of halogens is 1. The molecule has 1 saturated heterocycles. The Morgan fingerprint density at radius 2 is 2.20 bits per heavy atom. The molecule has 6 heteroatoms. The van der Waals surface area contributed by atoms with Gasteiger partial charge in [-0.3, -0.25) is 14.4 Å². The van der Waals surface area contributed by atoms with E-state index in [1.807, 2.05) is 11.7 Å². The standard InChI is InChI=1S/C14H23BrN4O/c1-3-12-14(15)13(18(2)17-12)9-11(20)10-19-7-4-5-16-6-8-19/h16H,3-10H2,1-2H3. The quantitative estimate of drug-likeness (QED) is 0.872. The monoisotopic (exact) mass is 342 g/mol. The summed E-state index contributed by atoms with van der Waals surface area (Å²) in [6.45, 7) is 6.61. The Hall–Kier alpha value is -0.720. The minimum absolute atomic E-state index is 0.262. The van der Waals surface area contributed by atoms with Gasteiger partial charge in [0.15, 0.2) is 5.78 Å². The highest BCUT2D eigenvalue weighted by atomic mass is 79.9. The van der Waals surface area contributed by atoms with Crippen molar-refractivity contribution in [3.63, 3.8) is 0 Å². The maximum atomic E-state index is 12.3. The number of nitrogens with one attached hydrogen (secondary N) is 1. The number of aryl methyl sites for hydroxylation is 2. The van der Waals surface area contributed by atoms with E-state index in [2.05, 4.69) is 38.2 Å². The van der Waals surface area contributed by atoms with Crippen LogP contribution in [0.2, 0.25) is 0 Å². The lowest BCUT2D eigenvalue weighted by atomic mass is 10.2. The minimum atomic E-state index is 0.262. The maximum absolute atomic E-state index is 12.3. The predicted octanol–water partition coefficient (Wildman–Crippen LogP) is 1.15. The zero-order chi connectivity index (χ0) is 14.5. The van der Waals surface area contributed by atoms with Crippen LogP contribution in [0.15, 0.2) is 4.47 Å². The van der Waals surface area contributed by atoms with E-state index in [1.165, 1.54) is 0 Å². The zero-order valence-electron chi connectivity index (χ0n) is 12.3. The fraction of sp³-hybridized carbons (Fsp3) is 0.714. The smallest absolute Gasteiger partial charge is 0.152 e. The van der Waals surface area contributed by atoms with Gasteiger partial charge >= 0.3 is 0 Å². The molecule has 1 fully saturated rings. The molecule has 5 nitrogen and oxygen atoms in total. The number of carbonyl (C=O) groups excluding carboxylic acids is 1. The molecule has 1 aliphatic heterocycles. The fourth-order valence-electron chi connectivity index (χ4n) is 2.56. The Morgan fingerprint density at radius 3 is 2.90 bits per heavy atom. The molecular formula is C14H23BrN4O. The second-order valence-electron chi connectivity index (χ2n) is 5.28. The number of ketones is 1. The van der Waals surface area contributed by atoms with Gasteiger partial charge in [-0.1, -0.05) is 6.92 Å². The lowest BCUT2D eigenvalue weighted by molar-refractivity contribution is -0.119. The second kappa shape index (κ2) is 7.33. The van der Waals surface area contributed by atoms with Crippen LogP contribution in [0.5, 0.6) is 0 Å². The van der Waals surface area contributed by atoms with Gasteiger partial charge in [-0.2, -0.15) is 5.10 Å². The number of carbonyl (C=O) groups is 1. The van der Waals surface area contributed by atoms with E-state index in [9.17, 15) is 4.79 Å².